The third-order valence-electron chi connectivity index (χ3n) is 10.3. The molecule has 1 saturated heterocycles. The fourth-order valence-corrected chi connectivity index (χ4v) is 8.38. The Morgan fingerprint density at radius 3 is 2.21 bits per heavy atom. The number of rotatable bonds is 17. The Morgan fingerprint density at radius 1 is 0.873 bits per heavy atom. The molecule has 20 heteroatoms. The van der Waals surface area contributed by atoms with E-state index in [4.69, 9.17) is 38.5 Å². The molecule has 4 aromatic heterocycles. The molecule has 63 heavy (non-hydrogen) atoms. The number of nitrogens with two attached hydrogens (primary N) is 1. The van der Waals surface area contributed by atoms with E-state index in [1.54, 1.807) is 47.2 Å². The zero-order valence-corrected chi connectivity index (χ0v) is 36.8. The van der Waals surface area contributed by atoms with Crippen LogP contribution < -0.4 is 25.3 Å². The third-order valence-corrected chi connectivity index (χ3v) is 11.3. The number of nitrogens with zero attached hydrogens (tertiary/aromatic N) is 7. The number of esters is 1. The lowest BCUT2D eigenvalue weighted by molar-refractivity contribution is 0.0358. The Bertz CT molecular complexity index is 2790. The Balaban J connectivity index is 1.28. The lowest BCUT2D eigenvalue weighted by Crippen LogP contribution is -2.37. The number of aromatic nitrogens is 5. The lowest BCUT2D eigenvalue weighted by Gasteiger charge is -2.26. The minimum atomic E-state index is -0.668. The molecule has 1 aliphatic rings. The summed E-state index contributed by atoms with van der Waals surface area (Å²) in [6, 6.07) is 6.35. The van der Waals surface area contributed by atoms with Gasteiger partial charge in [-0.2, -0.15) is 4.99 Å². The molecule has 19 nitrogen and oxygen atoms in total. The number of fused-ring (bicyclic) bond motifs is 2. The number of amides is 3. The van der Waals surface area contributed by atoms with E-state index in [2.05, 4.69) is 25.2 Å². The highest BCUT2D eigenvalue weighted by Crippen LogP contribution is 2.33. The van der Waals surface area contributed by atoms with Gasteiger partial charge in [-0.1, -0.05) is 37.3 Å². The standard InChI is InChI=1S/C43H49N9O10S/c1-7-28-36(61-24(3)45-28)39(54)48-42-47-30-20-26(38(44)53)21-32(60-17-11-12-50-15-18-59-19-16-50)34(30)51(42)13-9-10-14-52-35-31(57-5)22-27(41(56)58-6)23-33(35)63-43(52)49-40(55)37-29(8-2)46-25(4)62-37/h9-10,20-23H,7-8,11-19H2,1-6H3,(H2,44,53)(H,47,48,54)/b10-9+,49-43?. The minimum Gasteiger partial charge on any atom is -0.494 e. The molecular formula is C43H49N9O10S. The van der Waals surface area contributed by atoms with Crippen LogP contribution in [0.3, 0.4) is 0 Å². The summed E-state index contributed by atoms with van der Waals surface area (Å²) in [4.78, 5) is 73.1. The van der Waals surface area contributed by atoms with Gasteiger partial charge in [-0.25, -0.2) is 19.7 Å². The molecule has 0 atom stereocenters. The topological polar surface area (TPSA) is 234 Å². The first kappa shape index (κ1) is 44.4. The number of benzene rings is 2. The summed E-state index contributed by atoms with van der Waals surface area (Å²) >= 11 is 1.18. The Hall–Kier alpha value is -6.64. The van der Waals surface area contributed by atoms with Crippen molar-refractivity contribution in [3.63, 3.8) is 0 Å². The van der Waals surface area contributed by atoms with Gasteiger partial charge in [0.1, 0.15) is 22.5 Å². The van der Waals surface area contributed by atoms with Gasteiger partial charge in [-0.05, 0) is 43.5 Å². The number of methoxy groups -OCH3 is 2. The molecule has 0 spiro atoms. The average molecular weight is 884 g/mol. The Labute approximate surface area is 365 Å². The number of ether oxygens (including phenoxy) is 4. The van der Waals surface area contributed by atoms with E-state index >= 15 is 0 Å². The van der Waals surface area contributed by atoms with E-state index in [0.29, 0.717) is 99.8 Å². The monoisotopic (exact) mass is 883 g/mol. The van der Waals surface area contributed by atoms with Crippen molar-refractivity contribution in [2.75, 3.05) is 59.0 Å². The molecule has 332 valence electrons. The van der Waals surface area contributed by atoms with Crippen LogP contribution in [-0.4, -0.2) is 106 Å². The van der Waals surface area contributed by atoms with Crippen LogP contribution in [0.2, 0.25) is 0 Å². The maximum Gasteiger partial charge on any atom is 0.338 e. The summed E-state index contributed by atoms with van der Waals surface area (Å²) in [7, 11) is 2.77. The second-order valence-electron chi connectivity index (χ2n) is 14.5. The number of hydrogen-bond donors (Lipinski definition) is 2. The first-order valence-electron chi connectivity index (χ1n) is 20.5. The quantitative estimate of drug-likeness (QED) is 0.0696. The van der Waals surface area contributed by atoms with Gasteiger partial charge in [0.15, 0.2) is 16.6 Å². The fourth-order valence-electron chi connectivity index (χ4n) is 7.29. The van der Waals surface area contributed by atoms with Crippen LogP contribution in [0.25, 0.3) is 21.3 Å². The molecule has 0 saturated carbocycles. The number of allylic oxidation sites excluding steroid dienone is 2. The highest BCUT2D eigenvalue weighted by Gasteiger charge is 2.25. The summed E-state index contributed by atoms with van der Waals surface area (Å²) in [6.07, 6.45) is 5.33. The van der Waals surface area contributed by atoms with Crippen LogP contribution in [0, 0.1) is 13.8 Å². The zero-order chi connectivity index (χ0) is 44.8. The number of primary amides is 1. The number of oxazole rings is 2. The molecule has 3 N–H and O–H groups in total. The van der Waals surface area contributed by atoms with Gasteiger partial charge in [0.2, 0.25) is 23.4 Å². The SMILES string of the molecule is CCc1nc(C)oc1C(=O)N=c1sc2cc(C(=O)OC)cc(OC)c2n1C/C=C/Cn1c(NC(=O)c2oc(C)nc2CC)nc2cc(C(N)=O)cc(OCCCN3CCOCC3)c21. The van der Waals surface area contributed by atoms with Crippen molar-refractivity contribution in [2.45, 2.75) is 60.0 Å². The predicted molar refractivity (Wildman–Crippen MR) is 232 cm³/mol. The number of carbonyl (C=O) groups is 4. The van der Waals surface area contributed by atoms with Crippen LogP contribution in [0.4, 0.5) is 5.95 Å². The lowest BCUT2D eigenvalue weighted by atomic mass is 10.1. The molecule has 2 aromatic carbocycles. The second-order valence-corrected chi connectivity index (χ2v) is 15.5. The van der Waals surface area contributed by atoms with Gasteiger partial charge in [0, 0.05) is 52.1 Å². The van der Waals surface area contributed by atoms with Crippen molar-refractivity contribution in [3.05, 3.63) is 87.0 Å². The Kier molecular flexibility index (Phi) is 13.8. The largest absolute Gasteiger partial charge is 0.494 e. The molecule has 0 unspecified atom stereocenters. The first-order valence-corrected chi connectivity index (χ1v) is 21.3. The number of carbonyl (C=O) groups excluding carboxylic acids is 4. The van der Waals surface area contributed by atoms with Gasteiger partial charge in [-0.15, -0.1) is 0 Å². The van der Waals surface area contributed by atoms with Crippen LogP contribution >= 0.6 is 11.3 Å². The van der Waals surface area contributed by atoms with E-state index in [1.165, 1.54) is 25.6 Å². The molecule has 6 aromatic rings. The van der Waals surface area contributed by atoms with Crippen molar-refractivity contribution in [3.8, 4) is 11.5 Å². The fraction of sp³-hybridized carbons (Fsp3) is 0.395. The summed E-state index contributed by atoms with van der Waals surface area (Å²) in [5.41, 5.74) is 8.65. The predicted octanol–water partition coefficient (Wildman–Crippen LogP) is 5.02. The molecule has 0 bridgehead atoms. The highest BCUT2D eigenvalue weighted by atomic mass is 32.1. The van der Waals surface area contributed by atoms with Crippen molar-refractivity contribution in [1.82, 2.24) is 29.0 Å². The van der Waals surface area contributed by atoms with E-state index in [0.717, 1.165) is 19.6 Å². The number of anilines is 1. The van der Waals surface area contributed by atoms with Crippen molar-refractivity contribution < 1.29 is 47.0 Å². The van der Waals surface area contributed by atoms with Crippen LogP contribution in [-0.2, 0) is 35.4 Å². The number of hydrogen-bond acceptors (Lipinski definition) is 15. The summed E-state index contributed by atoms with van der Waals surface area (Å²) < 4.78 is 38.1. The minimum absolute atomic E-state index is 0.0449. The molecule has 7 rings (SSSR count). The van der Waals surface area contributed by atoms with Gasteiger partial charge in [-0.3, -0.25) is 24.6 Å². The van der Waals surface area contributed by atoms with E-state index in [-0.39, 0.29) is 41.7 Å². The van der Waals surface area contributed by atoms with Crippen molar-refractivity contribution >= 4 is 62.2 Å². The second kappa shape index (κ2) is 19.6. The number of aryl methyl sites for hydroxylation is 4. The van der Waals surface area contributed by atoms with Crippen LogP contribution in [0.15, 0.2) is 50.2 Å². The molecule has 1 aliphatic heterocycles. The van der Waals surface area contributed by atoms with E-state index in [9.17, 15) is 19.2 Å². The maximum absolute atomic E-state index is 13.8. The van der Waals surface area contributed by atoms with Crippen LogP contribution in [0.1, 0.15) is 85.3 Å². The highest BCUT2D eigenvalue weighted by molar-refractivity contribution is 7.16. The number of nitrogens with one attached hydrogen (secondary N) is 1. The zero-order valence-electron chi connectivity index (χ0n) is 35.9. The van der Waals surface area contributed by atoms with Crippen LogP contribution in [0.5, 0.6) is 11.5 Å². The van der Waals surface area contributed by atoms with Gasteiger partial charge in [0.05, 0.1) is 61.2 Å². The van der Waals surface area contributed by atoms with Crippen molar-refractivity contribution in [2.24, 2.45) is 10.7 Å². The van der Waals surface area contributed by atoms with Gasteiger partial charge < -0.3 is 42.6 Å². The number of thiazole rings is 1. The van der Waals surface area contributed by atoms with Gasteiger partial charge in [0.25, 0.3) is 5.91 Å². The smallest absolute Gasteiger partial charge is 0.338 e. The number of morpholine rings is 1. The molecule has 1 fully saturated rings. The summed E-state index contributed by atoms with van der Waals surface area (Å²) in [5, 5.41) is 2.89. The maximum atomic E-state index is 13.8. The van der Waals surface area contributed by atoms with E-state index in [1.807, 2.05) is 26.0 Å². The molecule has 0 radical (unpaired) electrons. The van der Waals surface area contributed by atoms with E-state index < -0.39 is 23.7 Å². The third kappa shape index (κ3) is 9.72. The summed E-state index contributed by atoms with van der Waals surface area (Å²) in [6.45, 7) is 11.5. The Morgan fingerprint density at radius 2 is 1.54 bits per heavy atom. The molecule has 5 heterocycles. The molecule has 0 aliphatic carbocycles. The summed E-state index contributed by atoms with van der Waals surface area (Å²) in [5.74, 6) is -0.741. The molecule has 3 amide bonds. The molecular weight excluding hydrogens is 835 g/mol. The first-order chi connectivity index (χ1) is 30.4. The number of imidazole rings is 1. The normalized spacial score (nSPS) is 13.7. The average Bonchev–Trinajstić information content (AvgIpc) is 4.05. The van der Waals surface area contributed by atoms with Gasteiger partial charge >= 0.3 is 11.9 Å². The van der Waals surface area contributed by atoms with Crippen molar-refractivity contribution in [1.29, 1.82) is 0 Å².